The minimum atomic E-state index is -0.0393. The Morgan fingerprint density at radius 3 is 2.60 bits per heavy atom. The van der Waals surface area contributed by atoms with Crippen molar-refractivity contribution >= 4 is 22.5 Å². The van der Waals surface area contributed by atoms with E-state index in [2.05, 4.69) is 17.1 Å². The van der Waals surface area contributed by atoms with Gasteiger partial charge in [-0.3, -0.25) is 4.98 Å². The fourth-order valence-electron chi connectivity index (χ4n) is 2.42. The van der Waals surface area contributed by atoms with E-state index in [9.17, 15) is 0 Å². The molecule has 0 saturated carbocycles. The minimum absolute atomic E-state index is 0.0393. The van der Waals surface area contributed by atoms with Crippen molar-refractivity contribution in [1.82, 2.24) is 4.98 Å². The minimum Gasteiger partial charge on any atom is -0.324 e. The summed E-state index contributed by atoms with van der Waals surface area (Å²) >= 11 is 6.21. The Morgan fingerprint density at radius 1 is 1.00 bits per heavy atom. The maximum absolute atomic E-state index is 6.30. The lowest BCUT2D eigenvalue weighted by Crippen LogP contribution is -2.13. The molecule has 3 aromatic rings. The van der Waals surface area contributed by atoms with Gasteiger partial charge in [0, 0.05) is 22.6 Å². The second-order valence-corrected chi connectivity index (χ2v) is 5.23. The maximum Gasteiger partial charge on any atom is 0.0749 e. The summed E-state index contributed by atoms with van der Waals surface area (Å²) in [5.41, 5.74) is 9.49. The van der Waals surface area contributed by atoms with Gasteiger partial charge in [-0.1, -0.05) is 48.0 Å². The molecule has 0 fully saturated rings. The van der Waals surface area contributed by atoms with Crippen LogP contribution in [-0.4, -0.2) is 4.98 Å². The van der Waals surface area contributed by atoms with Gasteiger partial charge in [-0.05, 0) is 35.7 Å². The van der Waals surface area contributed by atoms with Gasteiger partial charge in [-0.15, -0.1) is 0 Å². The van der Waals surface area contributed by atoms with Crippen LogP contribution in [-0.2, 0) is 6.42 Å². The van der Waals surface area contributed by atoms with Crippen molar-refractivity contribution in [3.63, 3.8) is 0 Å². The van der Waals surface area contributed by atoms with E-state index in [4.69, 9.17) is 17.3 Å². The lowest BCUT2D eigenvalue weighted by atomic mass is 9.98. The molecular weight excluding hydrogens is 268 g/mol. The monoisotopic (exact) mass is 282 g/mol. The molecule has 1 atom stereocenters. The molecule has 2 nitrogen and oxygen atoms in total. The Balaban J connectivity index is 1.97. The molecule has 1 unspecified atom stereocenters. The number of nitrogens with zero attached hydrogens (tertiary/aromatic N) is 1. The number of hydrogen-bond acceptors (Lipinski definition) is 2. The van der Waals surface area contributed by atoms with Crippen LogP contribution in [0.3, 0.4) is 0 Å². The number of fused-ring (bicyclic) bond motifs is 1. The molecule has 2 N–H and O–H groups in total. The third-order valence-corrected chi connectivity index (χ3v) is 3.80. The quantitative estimate of drug-likeness (QED) is 0.784. The lowest BCUT2D eigenvalue weighted by Gasteiger charge is -2.14. The Bertz CT molecular complexity index is 725. The van der Waals surface area contributed by atoms with E-state index in [-0.39, 0.29) is 6.04 Å². The van der Waals surface area contributed by atoms with Gasteiger partial charge < -0.3 is 5.73 Å². The zero-order valence-corrected chi connectivity index (χ0v) is 11.7. The van der Waals surface area contributed by atoms with Crippen molar-refractivity contribution in [3.8, 4) is 0 Å². The molecule has 0 amide bonds. The second-order valence-electron chi connectivity index (χ2n) is 4.83. The van der Waals surface area contributed by atoms with Crippen LogP contribution in [0.2, 0.25) is 5.02 Å². The van der Waals surface area contributed by atoms with E-state index in [0.717, 1.165) is 33.5 Å². The molecule has 0 spiro atoms. The van der Waals surface area contributed by atoms with Crippen molar-refractivity contribution < 1.29 is 0 Å². The molecule has 100 valence electrons. The molecule has 0 aliphatic heterocycles. The predicted octanol–water partition coefficient (Wildman–Crippen LogP) is 4.13. The number of rotatable bonds is 3. The Labute approximate surface area is 123 Å². The highest BCUT2D eigenvalue weighted by atomic mass is 35.5. The van der Waals surface area contributed by atoms with Crippen LogP contribution in [0.4, 0.5) is 0 Å². The first kappa shape index (κ1) is 13.1. The van der Waals surface area contributed by atoms with Gasteiger partial charge in [0.25, 0.3) is 0 Å². The maximum atomic E-state index is 6.30. The van der Waals surface area contributed by atoms with Crippen molar-refractivity contribution in [2.75, 3.05) is 0 Å². The van der Waals surface area contributed by atoms with Crippen molar-refractivity contribution in [2.24, 2.45) is 5.73 Å². The molecule has 1 aromatic heterocycles. The van der Waals surface area contributed by atoms with Crippen LogP contribution in [0.5, 0.6) is 0 Å². The first-order valence-electron chi connectivity index (χ1n) is 6.58. The molecule has 0 aliphatic rings. The highest BCUT2D eigenvalue weighted by molar-refractivity contribution is 6.35. The molecule has 0 saturated heterocycles. The standard InChI is InChI=1S/C17H15ClN2/c18-15-9-8-13(17-14(15)7-4-10-20-17)11-16(19)12-5-2-1-3-6-12/h1-10,16H,11,19H2. The van der Waals surface area contributed by atoms with Crippen molar-refractivity contribution in [2.45, 2.75) is 12.5 Å². The largest absolute Gasteiger partial charge is 0.324 e. The second kappa shape index (κ2) is 5.61. The molecule has 0 aliphatic carbocycles. The topological polar surface area (TPSA) is 38.9 Å². The van der Waals surface area contributed by atoms with Crippen LogP contribution in [0.15, 0.2) is 60.8 Å². The molecule has 3 rings (SSSR count). The normalized spacial score (nSPS) is 12.5. The van der Waals surface area contributed by atoms with Crippen LogP contribution < -0.4 is 5.73 Å². The van der Waals surface area contributed by atoms with Gasteiger partial charge in [0.2, 0.25) is 0 Å². The Kier molecular flexibility index (Phi) is 3.68. The summed E-state index contributed by atoms with van der Waals surface area (Å²) < 4.78 is 0. The highest BCUT2D eigenvalue weighted by Crippen LogP contribution is 2.27. The zero-order valence-electron chi connectivity index (χ0n) is 11.0. The van der Waals surface area contributed by atoms with E-state index < -0.39 is 0 Å². The van der Waals surface area contributed by atoms with E-state index in [1.807, 2.05) is 42.5 Å². The zero-order chi connectivity index (χ0) is 13.9. The average molecular weight is 283 g/mol. The summed E-state index contributed by atoms with van der Waals surface area (Å²) in [7, 11) is 0. The molecule has 2 aromatic carbocycles. The Hall–Kier alpha value is -1.90. The van der Waals surface area contributed by atoms with E-state index >= 15 is 0 Å². The fraction of sp³-hybridized carbons (Fsp3) is 0.118. The first-order valence-corrected chi connectivity index (χ1v) is 6.96. The van der Waals surface area contributed by atoms with Crippen molar-refractivity contribution in [3.05, 3.63) is 76.9 Å². The van der Waals surface area contributed by atoms with Crippen LogP contribution >= 0.6 is 11.6 Å². The van der Waals surface area contributed by atoms with Gasteiger partial charge in [0.05, 0.1) is 5.52 Å². The van der Waals surface area contributed by atoms with Gasteiger partial charge in [0.1, 0.15) is 0 Å². The van der Waals surface area contributed by atoms with Gasteiger partial charge in [-0.2, -0.15) is 0 Å². The molecule has 0 bridgehead atoms. The summed E-state index contributed by atoms with van der Waals surface area (Å²) in [6, 6.07) is 17.9. The molecule has 20 heavy (non-hydrogen) atoms. The van der Waals surface area contributed by atoms with Crippen LogP contribution in [0.25, 0.3) is 10.9 Å². The molecular formula is C17H15ClN2. The summed E-state index contributed by atoms with van der Waals surface area (Å²) in [6.07, 6.45) is 2.53. The fourth-order valence-corrected chi connectivity index (χ4v) is 2.63. The predicted molar refractivity (Wildman–Crippen MR) is 83.8 cm³/mol. The van der Waals surface area contributed by atoms with Crippen molar-refractivity contribution in [1.29, 1.82) is 0 Å². The van der Waals surface area contributed by atoms with E-state index in [1.54, 1.807) is 6.20 Å². The number of aromatic nitrogens is 1. The number of halogens is 1. The molecule has 1 heterocycles. The summed E-state index contributed by atoms with van der Waals surface area (Å²) in [6.45, 7) is 0. The SMILES string of the molecule is NC(Cc1ccc(Cl)c2cccnc12)c1ccccc1. The van der Waals surface area contributed by atoms with Gasteiger partial charge in [0.15, 0.2) is 0 Å². The third-order valence-electron chi connectivity index (χ3n) is 3.47. The molecule has 0 radical (unpaired) electrons. The average Bonchev–Trinajstić information content (AvgIpc) is 2.51. The molecule has 3 heteroatoms. The summed E-state index contributed by atoms with van der Waals surface area (Å²) in [5.74, 6) is 0. The van der Waals surface area contributed by atoms with Crippen LogP contribution in [0, 0.1) is 0 Å². The van der Waals surface area contributed by atoms with Crippen LogP contribution in [0.1, 0.15) is 17.2 Å². The smallest absolute Gasteiger partial charge is 0.0749 e. The number of pyridine rings is 1. The number of hydrogen-bond donors (Lipinski definition) is 1. The van der Waals surface area contributed by atoms with Gasteiger partial charge in [-0.25, -0.2) is 0 Å². The van der Waals surface area contributed by atoms with E-state index in [1.165, 1.54) is 0 Å². The highest BCUT2D eigenvalue weighted by Gasteiger charge is 2.11. The third kappa shape index (κ3) is 2.53. The summed E-state index contributed by atoms with van der Waals surface area (Å²) in [5, 5.41) is 1.71. The van der Waals surface area contributed by atoms with E-state index in [0.29, 0.717) is 0 Å². The number of benzene rings is 2. The summed E-state index contributed by atoms with van der Waals surface area (Å²) in [4.78, 5) is 4.45. The van der Waals surface area contributed by atoms with Gasteiger partial charge >= 0.3 is 0 Å². The lowest BCUT2D eigenvalue weighted by molar-refractivity contribution is 0.724. The Morgan fingerprint density at radius 2 is 1.80 bits per heavy atom. The number of nitrogens with two attached hydrogens (primary N) is 1. The first-order chi connectivity index (χ1) is 9.75.